The smallest absolute Gasteiger partial charge is 0.416 e. The van der Waals surface area contributed by atoms with E-state index in [1.807, 2.05) is 6.07 Å². The molecule has 2 aromatic carbocycles. The molecule has 0 aliphatic rings. The van der Waals surface area contributed by atoms with Crippen molar-refractivity contribution >= 4 is 17.6 Å². The fourth-order valence-corrected chi connectivity index (χ4v) is 2.06. The number of benzene rings is 2. The first kappa shape index (κ1) is 17.4. The van der Waals surface area contributed by atoms with E-state index in [9.17, 15) is 18.0 Å². The Bertz CT molecular complexity index is 918. The number of rotatable bonds is 1. The third-order valence-corrected chi connectivity index (χ3v) is 3.32. The molecule has 1 N–H and O–H groups in total. The van der Waals surface area contributed by atoms with Crippen LogP contribution < -0.4 is 0 Å². The second-order valence-corrected chi connectivity index (χ2v) is 5.03. The molecule has 0 bridgehead atoms. The normalized spacial score (nSPS) is 10.5. The first-order valence-corrected chi connectivity index (χ1v) is 6.76. The zero-order valence-corrected chi connectivity index (χ0v) is 12.5. The Kier molecular flexibility index (Phi) is 4.82. The summed E-state index contributed by atoms with van der Waals surface area (Å²) >= 11 is 5.79. The highest BCUT2D eigenvalue weighted by Crippen LogP contribution is 2.31. The van der Waals surface area contributed by atoms with E-state index in [1.165, 1.54) is 18.2 Å². The van der Waals surface area contributed by atoms with Gasteiger partial charge in [0, 0.05) is 11.1 Å². The predicted molar refractivity (Wildman–Crippen MR) is 80.6 cm³/mol. The van der Waals surface area contributed by atoms with Crippen LogP contribution in [-0.4, -0.2) is 11.1 Å². The minimum absolute atomic E-state index is 0.123. The molecular weight excluding hydrogens is 343 g/mol. The molecule has 0 radical (unpaired) electrons. The lowest BCUT2D eigenvalue weighted by molar-refractivity contribution is -0.137. The molecule has 7 heteroatoms. The molecular formula is C17H7ClF3NO2. The maximum absolute atomic E-state index is 12.6. The number of hydrogen-bond acceptors (Lipinski definition) is 2. The van der Waals surface area contributed by atoms with Crippen molar-refractivity contribution in [3.8, 4) is 17.9 Å². The third kappa shape index (κ3) is 3.87. The van der Waals surface area contributed by atoms with Gasteiger partial charge in [-0.25, -0.2) is 4.79 Å². The molecule has 0 saturated heterocycles. The molecule has 0 fully saturated rings. The second-order valence-electron chi connectivity index (χ2n) is 4.62. The largest absolute Gasteiger partial charge is 0.478 e. The lowest BCUT2D eigenvalue weighted by atomic mass is 10.0. The van der Waals surface area contributed by atoms with Gasteiger partial charge in [0.25, 0.3) is 0 Å². The molecule has 0 unspecified atom stereocenters. The number of carboxylic acids is 1. The maximum atomic E-state index is 12.6. The van der Waals surface area contributed by atoms with Crippen LogP contribution in [0.4, 0.5) is 13.2 Å². The van der Waals surface area contributed by atoms with Crippen molar-refractivity contribution in [3.63, 3.8) is 0 Å². The zero-order valence-electron chi connectivity index (χ0n) is 11.8. The van der Waals surface area contributed by atoms with Crippen molar-refractivity contribution < 1.29 is 23.1 Å². The lowest BCUT2D eigenvalue weighted by Gasteiger charge is -2.07. The van der Waals surface area contributed by atoms with Gasteiger partial charge >= 0.3 is 12.1 Å². The Morgan fingerprint density at radius 1 is 1.08 bits per heavy atom. The van der Waals surface area contributed by atoms with Gasteiger partial charge in [-0.1, -0.05) is 23.4 Å². The highest BCUT2D eigenvalue weighted by Gasteiger charge is 2.30. The average Bonchev–Trinajstić information content (AvgIpc) is 2.52. The van der Waals surface area contributed by atoms with Crippen molar-refractivity contribution in [1.82, 2.24) is 0 Å². The predicted octanol–water partition coefficient (Wildman–Crippen LogP) is 4.33. The molecule has 0 saturated carbocycles. The van der Waals surface area contributed by atoms with E-state index in [0.717, 1.165) is 18.2 Å². The minimum Gasteiger partial charge on any atom is -0.478 e. The number of alkyl halides is 3. The maximum Gasteiger partial charge on any atom is 0.416 e. The fraction of sp³-hybridized carbons (Fsp3) is 0.0588. The molecule has 24 heavy (non-hydrogen) atoms. The summed E-state index contributed by atoms with van der Waals surface area (Å²) in [4.78, 5) is 11.2. The Morgan fingerprint density at radius 3 is 2.25 bits per heavy atom. The number of carboxylic acid groups (broad SMARTS) is 1. The Morgan fingerprint density at radius 2 is 1.71 bits per heavy atom. The first-order chi connectivity index (χ1) is 11.2. The topological polar surface area (TPSA) is 61.1 Å². The van der Waals surface area contributed by atoms with Gasteiger partial charge < -0.3 is 5.11 Å². The minimum atomic E-state index is -4.51. The van der Waals surface area contributed by atoms with Gasteiger partial charge in [-0.15, -0.1) is 0 Å². The van der Waals surface area contributed by atoms with Gasteiger partial charge in [-0.2, -0.15) is 18.4 Å². The van der Waals surface area contributed by atoms with E-state index in [0.29, 0.717) is 0 Å². The molecule has 0 spiro atoms. The van der Waals surface area contributed by atoms with E-state index in [4.69, 9.17) is 22.0 Å². The third-order valence-electron chi connectivity index (χ3n) is 3.01. The Labute approximate surface area is 139 Å². The quantitative estimate of drug-likeness (QED) is 0.779. The molecule has 0 atom stereocenters. The van der Waals surface area contributed by atoms with Gasteiger partial charge in [0.2, 0.25) is 0 Å². The molecule has 0 aromatic heterocycles. The number of carbonyl (C=O) groups is 1. The summed E-state index contributed by atoms with van der Waals surface area (Å²) in [5, 5.41) is 17.7. The van der Waals surface area contributed by atoms with Crippen molar-refractivity contribution in [1.29, 1.82) is 5.26 Å². The summed E-state index contributed by atoms with van der Waals surface area (Å²) in [5.74, 6) is 3.83. The number of hydrogen-bond donors (Lipinski definition) is 1. The van der Waals surface area contributed by atoms with Crippen LogP contribution in [0, 0.1) is 23.2 Å². The summed E-state index contributed by atoms with van der Waals surface area (Å²) < 4.78 is 37.7. The summed E-state index contributed by atoms with van der Waals surface area (Å²) in [6.07, 6.45) is -4.51. The van der Waals surface area contributed by atoms with E-state index in [1.54, 1.807) is 0 Å². The van der Waals surface area contributed by atoms with Crippen LogP contribution in [0.2, 0.25) is 5.02 Å². The fourth-order valence-electron chi connectivity index (χ4n) is 1.83. The summed E-state index contributed by atoms with van der Waals surface area (Å²) in [6, 6.07) is 8.43. The molecule has 0 aliphatic heterocycles. The van der Waals surface area contributed by atoms with Crippen LogP contribution in [-0.2, 0) is 6.18 Å². The summed E-state index contributed by atoms with van der Waals surface area (Å²) in [6.45, 7) is 0. The van der Waals surface area contributed by atoms with Crippen LogP contribution in [0.1, 0.15) is 32.6 Å². The molecule has 0 heterocycles. The van der Waals surface area contributed by atoms with Gasteiger partial charge in [0.05, 0.1) is 27.8 Å². The Hall–Kier alpha value is -2.96. The average molecular weight is 350 g/mol. The van der Waals surface area contributed by atoms with Crippen LogP contribution in [0.3, 0.4) is 0 Å². The van der Waals surface area contributed by atoms with Gasteiger partial charge in [-0.05, 0) is 36.4 Å². The van der Waals surface area contributed by atoms with Crippen molar-refractivity contribution in [3.05, 3.63) is 69.2 Å². The van der Waals surface area contributed by atoms with Crippen LogP contribution in [0.5, 0.6) is 0 Å². The number of nitriles is 1. The lowest BCUT2D eigenvalue weighted by Crippen LogP contribution is -2.04. The van der Waals surface area contributed by atoms with Crippen LogP contribution in [0.15, 0.2) is 36.4 Å². The summed E-state index contributed by atoms with van der Waals surface area (Å²) in [7, 11) is 0. The second kappa shape index (κ2) is 6.66. The number of nitrogens with zero attached hydrogens (tertiary/aromatic N) is 1. The molecule has 120 valence electrons. The van der Waals surface area contributed by atoms with Gasteiger partial charge in [0.15, 0.2) is 0 Å². The van der Waals surface area contributed by atoms with E-state index in [2.05, 4.69) is 11.8 Å². The molecule has 0 aliphatic carbocycles. The van der Waals surface area contributed by atoms with Crippen LogP contribution in [0.25, 0.3) is 0 Å². The molecule has 2 rings (SSSR count). The monoisotopic (exact) mass is 349 g/mol. The highest BCUT2D eigenvalue weighted by molar-refractivity contribution is 6.31. The standard InChI is InChI=1S/C17H7ClF3NO2/c18-15-8-13(17(19,20)21)6-5-12(15)4-3-11-2-1-10(9-22)7-14(11)16(23)24/h1-2,5-8H,(H,23,24). The highest BCUT2D eigenvalue weighted by atomic mass is 35.5. The van der Waals surface area contributed by atoms with Crippen molar-refractivity contribution in [2.45, 2.75) is 6.18 Å². The van der Waals surface area contributed by atoms with Gasteiger partial charge in [-0.3, -0.25) is 0 Å². The summed E-state index contributed by atoms with van der Waals surface area (Å²) in [5.41, 5.74) is -0.666. The SMILES string of the molecule is N#Cc1ccc(C#Cc2ccc(C(F)(F)F)cc2Cl)c(C(=O)O)c1. The molecule has 0 amide bonds. The van der Waals surface area contributed by atoms with E-state index in [-0.39, 0.29) is 27.3 Å². The van der Waals surface area contributed by atoms with Crippen molar-refractivity contribution in [2.75, 3.05) is 0 Å². The molecule has 2 aromatic rings. The number of halogens is 4. The Balaban J connectivity index is 2.44. The van der Waals surface area contributed by atoms with Crippen molar-refractivity contribution in [2.24, 2.45) is 0 Å². The van der Waals surface area contributed by atoms with E-state index < -0.39 is 17.7 Å². The first-order valence-electron chi connectivity index (χ1n) is 6.38. The van der Waals surface area contributed by atoms with Gasteiger partial charge in [0.1, 0.15) is 0 Å². The molecule has 3 nitrogen and oxygen atoms in total. The zero-order chi connectivity index (χ0) is 17.9. The number of aromatic carboxylic acids is 1. The van der Waals surface area contributed by atoms with Crippen LogP contribution >= 0.6 is 11.6 Å². The van der Waals surface area contributed by atoms with E-state index >= 15 is 0 Å².